The number of thioether (sulfide) groups is 1. The Morgan fingerprint density at radius 1 is 1.11 bits per heavy atom. The van der Waals surface area contributed by atoms with E-state index in [1.165, 1.54) is 0 Å². The maximum atomic E-state index is 9.39. The van der Waals surface area contributed by atoms with Crippen LogP contribution in [0.1, 0.15) is 22.5 Å². The van der Waals surface area contributed by atoms with Crippen LogP contribution in [0.25, 0.3) is 10.6 Å². The molecule has 1 aromatic carbocycles. The van der Waals surface area contributed by atoms with Gasteiger partial charge in [0.15, 0.2) is 11.5 Å². The largest absolute Gasteiger partial charge is 0.493 e. The summed E-state index contributed by atoms with van der Waals surface area (Å²) in [5, 5.41) is 13.1. The van der Waals surface area contributed by atoms with Crippen molar-refractivity contribution in [2.24, 2.45) is 0 Å². The van der Waals surface area contributed by atoms with E-state index < -0.39 is 0 Å². The molecule has 27 heavy (non-hydrogen) atoms. The maximum Gasteiger partial charge on any atom is 0.161 e. The van der Waals surface area contributed by atoms with Crippen LogP contribution in [0.2, 0.25) is 0 Å². The summed E-state index contributed by atoms with van der Waals surface area (Å²) in [4.78, 5) is 9.23. The molecule has 138 valence electrons. The molecular weight excluding hydrogens is 378 g/mol. The number of methoxy groups -OCH3 is 2. The van der Waals surface area contributed by atoms with Gasteiger partial charge in [-0.05, 0) is 43.7 Å². The molecule has 0 aliphatic carbocycles. The summed E-state index contributed by atoms with van der Waals surface area (Å²) in [5.41, 5.74) is 4.45. The summed E-state index contributed by atoms with van der Waals surface area (Å²) >= 11 is 3.12. The topological polar surface area (TPSA) is 68.0 Å². The maximum absolute atomic E-state index is 9.39. The number of nitrogens with zero attached hydrogens (tertiary/aromatic N) is 3. The third-order valence-corrected chi connectivity index (χ3v) is 5.91. The summed E-state index contributed by atoms with van der Waals surface area (Å²) in [6.45, 7) is 3.88. The van der Waals surface area contributed by atoms with Crippen LogP contribution in [-0.4, -0.2) is 24.2 Å². The predicted molar refractivity (Wildman–Crippen MR) is 109 cm³/mol. The number of rotatable bonds is 6. The number of aryl methyl sites for hydroxylation is 2. The fourth-order valence-corrected chi connectivity index (χ4v) is 4.57. The van der Waals surface area contributed by atoms with Gasteiger partial charge in [-0.25, -0.2) is 9.97 Å². The van der Waals surface area contributed by atoms with Gasteiger partial charge in [-0.2, -0.15) is 5.26 Å². The lowest BCUT2D eigenvalue weighted by Gasteiger charge is -2.08. The molecule has 0 aliphatic heterocycles. The van der Waals surface area contributed by atoms with Gasteiger partial charge >= 0.3 is 0 Å². The molecular formula is C20H19N3O2S2. The van der Waals surface area contributed by atoms with Crippen molar-refractivity contribution < 1.29 is 9.47 Å². The van der Waals surface area contributed by atoms with E-state index in [4.69, 9.17) is 14.5 Å². The second kappa shape index (κ2) is 8.42. The fourth-order valence-electron chi connectivity index (χ4n) is 2.66. The molecule has 3 aromatic rings. The number of pyridine rings is 1. The lowest BCUT2D eigenvalue weighted by atomic mass is 10.1. The molecule has 0 fully saturated rings. The summed E-state index contributed by atoms with van der Waals surface area (Å²) in [6, 6.07) is 9.96. The third-order valence-electron chi connectivity index (χ3n) is 3.96. The van der Waals surface area contributed by atoms with Crippen molar-refractivity contribution in [2.45, 2.75) is 24.6 Å². The van der Waals surface area contributed by atoms with Gasteiger partial charge in [0.25, 0.3) is 0 Å². The van der Waals surface area contributed by atoms with Crippen LogP contribution in [0.15, 0.2) is 34.7 Å². The molecule has 2 heterocycles. The van der Waals surface area contributed by atoms with Gasteiger partial charge < -0.3 is 9.47 Å². The van der Waals surface area contributed by atoms with E-state index in [0.717, 1.165) is 32.5 Å². The molecule has 0 aliphatic rings. The number of hydrogen-bond acceptors (Lipinski definition) is 7. The van der Waals surface area contributed by atoms with E-state index in [1.807, 2.05) is 43.5 Å². The Balaban J connectivity index is 1.79. The van der Waals surface area contributed by atoms with Crippen molar-refractivity contribution in [2.75, 3.05) is 14.2 Å². The standard InChI is InChI=1S/C20H19N3O2S2/c1-12-7-13(2)22-20(16(12)9-21)27-11-15-10-26-19(23-15)14-5-6-17(24-3)18(8-14)25-4/h5-8,10H,11H2,1-4H3. The molecule has 0 spiro atoms. The third kappa shape index (κ3) is 4.24. The highest BCUT2D eigenvalue weighted by atomic mass is 32.2. The van der Waals surface area contributed by atoms with Crippen molar-refractivity contribution in [1.82, 2.24) is 9.97 Å². The van der Waals surface area contributed by atoms with Crippen LogP contribution in [0.3, 0.4) is 0 Å². The highest BCUT2D eigenvalue weighted by Crippen LogP contribution is 2.34. The minimum absolute atomic E-state index is 0.640. The SMILES string of the molecule is COc1ccc(-c2nc(CSc3nc(C)cc(C)c3C#N)cs2)cc1OC. The lowest BCUT2D eigenvalue weighted by molar-refractivity contribution is 0.355. The summed E-state index contributed by atoms with van der Waals surface area (Å²) in [7, 11) is 3.24. The average molecular weight is 398 g/mol. The van der Waals surface area contributed by atoms with Gasteiger partial charge in [-0.3, -0.25) is 0 Å². The van der Waals surface area contributed by atoms with Crippen molar-refractivity contribution in [3.63, 3.8) is 0 Å². The molecule has 0 bridgehead atoms. The van der Waals surface area contributed by atoms with Gasteiger partial charge in [0, 0.05) is 22.4 Å². The Morgan fingerprint density at radius 3 is 2.59 bits per heavy atom. The highest BCUT2D eigenvalue weighted by Gasteiger charge is 2.12. The minimum Gasteiger partial charge on any atom is -0.493 e. The summed E-state index contributed by atoms with van der Waals surface area (Å²) in [5.74, 6) is 2.03. The number of thiazole rings is 1. The zero-order chi connectivity index (χ0) is 19.4. The van der Waals surface area contributed by atoms with Crippen molar-refractivity contribution in [1.29, 1.82) is 5.26 Å². The van der Waals surface area contributed by atoms with E-state index in [-0.39, 0.29) is 0 Å². The van der Waals surface area contributed by atoms with E-state index in [0.29, 0.717) is 22.8 Å². The first kappa shape index (κ1) is 19.2. The smallest absolute Gasteiger partial charge is 0.161 e. The number of hydrogen-bond donors (Lipinski definition) is 0. The van der Waals surface area contributed by atoms with Crippen LogP contribution in [0.5, 0.6) is 11.5 Å². The Morgan fingerprint density at radius 2 is 1.89 bits per heavy atom. The zero-order valence-electron chi connectivity index (χ0n) is 15.6. The van der Waals surface area contributed by atoms with E-state index in [1.54, 1.807) is 37.3 Å². The lowest BCUT2D eigenvalue weighted by Crippen LogP contribution is -1.95. The van der Waals surface area contributed by atoms with Gasteiger partial charge in [0.1, 0.15) is 16.1 Å². The van der Waals surface area contributed by atoms with E-state index in [2.05, 4.69) is 11.1 Å². The van der Waals surface area contributed by atoms with Gasteiger partial charge in [0.05, 0.1) is 25.5 Å². The monoisotopic (exact) mass is 397 g/mol. The summed E-state index contributed by atoms with van der Waals surface area (Å²) in [6.07, 6.45) is 0. The zero-order valence-corrected chi connectivity index (χ0v) is 17.2. The Bertz CT molecular complexity index is 1010. The molecule has 0 saturated heterocycles. The minimum atomic E-state index is 0.640. The van der Waals surface area contributed by atoms with Gasteiger partial charge in [-0.1, -0.05) is 11.8 Å². The Hall–Kier alpha value is -2.56. The molecule has 0 saturated carbocycles. The molecule has 7 heteroatoms. The quantitative estimate of drug-likeness (QED) is 0.545. The summed E-state index contributed by atoms with van der Waals surface area (Å²) < 4.78 is 10.6. The molecule has 0 amide bonds. The van der Waals surface area contributed by atoms with Gasteiger partial charge in [0.2, 0.25) is 0 Å². The van der Waals surface area contributed by atoms with Gasteiger partial charge in [-0.15, -0.1) is 11.3 Å². The van der Waals surface area contributed by atoms with Crippen molar-refractivity contribution in [3.05, 3.63) is 52.2 Å². The van der Waals surface area contributed by atoms with Crippen LogP contribution >= 0.6 is 23.1 Å². The second-order valence-electron chi connectivity index (χ2n) is 5.87. The molecule has 2 aromatic heterocycles. The molecule has 0 unspecified atom stereocenters. The van der Waals surface area contributed by atoms with Crippen LogP contribution in [-0.2, 0) is 5.75 Å². The first-order valence-corrected chi connectivity index (χ1v) is 10.1. The number of nitriles is 1. The predicted octanol–water partition coefficient (Wildman–Crippen LogP) is 5.00. The molecule has 3 rings (SSSR count). The average Bonchev–Trinajstić information content (AvgIpc) is 3.14. The first-order valence-electron chi connectivity index (χ1n) is 8.23. The molecule has 0 radical (unpaired) electrons. The van der Waals surface area contributed by atoms with Crippen LogP contribution in [0, 0.1) is 25.2 Å². The normalized spacial score (nSPS) is 10.5. The Kier molecular flexibility index (Phi) is 5.99. The van der Waals surface area contributed by atoms with Crippen LogP contribution < -0.4 is 9.47 Å². The first-order chi connectivity index (χ1) is 13.0. The molecule has 0 atom stereocenters. The van der Waals surface area contributed by atoms with Crippen LogP contribution in [0.4, 0.5) is 0 Å². The number of ether oxygens (including phenoxy) is 2. The number of benzene rings is 1. The van der Waals surface area contributed by atoms with Crippen molar-refractivity contribution >= 4 is 23.1 Å². The second-order valence-corrected chi connectivity index (χ2v) is 7.70. The van der Waals surface area contributed by atoms with Crippen molar-refractivity contribution in [3.8, 4) is 28.1 Å². The van der Waals surface area contributed by atoms with E-state index in [9.17, 15) is 5.26 Å². The fraction of sp³-hybridized carbons (Fsp3) is 0.250. The molecule has 0 N–H and O–H groups in total. The van der Waals surface area contributed by atoms with E-state index >= 15 is 0 Å². The molecule has 5 nitrogen and oxygen atoms in total. The number of aromatic nitrogens is 2. The highest BCUT2D eigenvalue weighted by molar-refractivity contribution is 7.98. The Labute approximate surface area is 167 Å².